The van der Waals surface area contributed by atoms with Crippen molar-refractivity contribution in [3.05, 3.63) is 33.4 Å². The average Bonchev–Trinajstić information content (AvgIpc) is 2.94. The van der Waals surface area contributed by atoms with Crippen molar-refractivity contribution in [2.75, 3.05) is 27.7 Å². The van der Waals surface area contributed by atoms with Crippen molar-refractivity contribution in [3.8, 4) is 5.75 Å². The Bertz CT molecular complexity index is 793. The van der Waals surface area contributed by atoms with Crippen molar-refractivity contribution >= 4 is 46.7 Å². The van der Waals surface area contributed by atoms with Gasteiger partial charge in [-0.15, -0.1) is 0 Å². The summed E-state index contributed by atoms with van der Waals surface area (Å²) in [6.45, 7) is 1.75. The summed E-state index contributed by atoms with van der Waals surface area (Å²) in [7, 11) is 5.67. The number of carbonyl (C=O) groups is 2. The molecule has 0 spiro atoms. The minimum Gasteiger partial charge on any atom is -0.495 e. The van der Waals surface area contributed by atoms with Gasteiger partial charge in [0.2, 0.25) is 0 Å². The minimum absolute atomic E-state index is 0.194. The van der Waals surface area contributed by atoms with E-state index in [4.69, 9.17) is 37.5 Å². The highest BCUT2D eigenvalue weighted by molar-refractivity contribution is 6.46. The molecule has 0 fully saturated rings. The Morgan fingerprint density at radius 1 is 1.36 bits per heavy atom. The van der Waals surface area contributed by atoms with Crippen LogP contribution in [0.15, 0.2) is 12.3 Å². The van der Waals surface area contributed by atoms with Crippen LogP contribution < -0.4 is 10.1 Å². The molecular formula is C17H19Cl2N3O3. The van der Waals surface area contributed by atoms with Crippen molar-refractivity contribution in [2.24, 2.45) is 0 Å². The molecule has 1 aliphatic heterocycles. The SMILES string of the molecule is CNCC1c2cnc3c(Cl)c(Cl)c(OC)cc3c2CN1C.O=CC=O. The number of benzene rings is 1. The van der Waals surface area contributed by atoms with E-state index in [-0.39, 0.29) is 12.6 Å². The van der Waals surface area contributed by atoms with Gasteiger partial charge in [-0.05, 0) is 31.3 Å². The molecule has 1 aromatic heterocycles. The van der Waals surface area contributed by atoms with Gasteiger partial charge in [0.25, 0.3) is 0 Å². The van der Waals surface area contributed by atoms with Crippen molar-refractivity contribution < 1.29 is 14.3 Å². The molecule has 0 saturated carbocycles. The first-order valence-electron chi connectivity index (χ1n) is 7.57. The number of hydrogen-bond donors (Lipinski definition) is 1. The highest BCUT2D eigenvalue weighted by Gasteiger charge is 2.29. The number of ether oxygens (including phenoxy) is 1. The van der Waals surface area contributed by atoms with Gasteiger partial charge >= 0.3 is 0 Å². The van der Waals surface area contributed by atoms with E-state index in [1.165, 1.54) is 11.1 Å². The van der Waals surface area contributed by atoms with Gasteiger partial charge < -0.3 is 10.1 Å². The highest BCUT2D eigenvalue weighted by atomic mass is 35.5. The van der Waals surface area contributed by atoms with Gasteiger partial charge in [-0.2, -0.15) is 0 Å². The van der Waals surface area contributed by atoms with Crippen LogP contribution in [0.4, 0.5) is 0 Å². The third-order valence-electron chi connectivity index (χ3n) is 4.13. The molecule has 134 valence electrons. The molecule has 1 aliphatic rings. The predicted octanol–water partition coefficient (Wildman–Crippen LogP) is 2.64. The number of nitrogens with one attached hydrogen (secondary N) is 1. The zero-order valence-electron chi connectivity index (χ0n) is 14.2. The van der Waals surface area contributed by atoms with E-state index in [0.717, 1.165) is 24.0 Å². The number of methoxy groups -OCH3 is 1. The summed E-state index contributed by atoms with van der Waals surface area (Å²) >= 11 is 12.6. The topological polar surface area (TPSA) is 71.5 Å². The lowest BCUT2D eigenvalue weighted by atomic mass is 10.0. The average molecular weight is 384 g/mol. The number of likely N-dealkylation sites (N-methyl/N-ethyl adjacent to an activating group) is 2. The Balaban J connectivity index is 0.000000511. The monoisotopic (exact) mass is 383 g/mol. The summed E-state index contributed by atoms with van der Waals surface area (Å²) in [5.74, 6) is 0.587. The van der Waals surface area contributed by atoms with Crippen LogP contribution in [0.2, 0.25) is 10.0 Å². The van der Waals surface area contributed by atoms with Crippen molar-refractivity contribution in [1.82, 2.24) is 15.2 Å². The molecule has 2 heterocycles. The Kier molecular flexibility index (Phi) is 6.72. The Labute approximate surface area is 156 Å². The summed E-state index contributed by atoms with van der Waals surface area (Å²) in [4.78, 5) is 24.4. The smallest absolute Gasteiger partial charge is 0.182 e. The van der Waals surface area contributed by atoms with Gasteiger partial charge in [0, 0.05) is 30.7 Å². The Morgan fingerprint density at radius 3 is 2.60 bits per heavy atom. The molecule has 1 unspecified atom stereocenters. The largest absolute Gasteiger partial charge is 0.495 e. The van der Waals surface area contributed by atoms with Gasteiger partial charge in [-0.3, -0.25) is 19.5 Å². The summed E-state index contributed by atoms with van der Waals surface area (Å²) in [6.07, 6.45) is 2.30. The summed E-state index contributed by atoms with van der Waals surface area (Å²) in [5.41, 5.74) is 3.22. The normalized spacial score (nSPS) is 16.1. The van der Waals surface area contributed by atoms with E-state index in [9.17, 15) is 0 Å². The molecule has 3 rings (SSSR count). The first-order valence-corrected chi connectivity index (χ1v) is 8.32. The fraction of sp³-hybridized carbons (Fsp3) is 0.353. The summed E-state index contributed by atoms with van der Waals surface area (Å²) < 4.78 is 5.32. The van der Waals surface area contributed by atoms with E-state index in [1.807, 2.05) is 19.3 Å². The van der Waals surface area contributed by atoms with Crippen LogP contribution >= 0.6 is 23.2 Å². The van der Waals surface area contributed by atoms with Crippen LogP contribution in [0, 0.1) is 0 Å². The maximum Gasteiger partial charge on any atom is 0.182 e. The number of aromatic nitrogens is 1. The highest BCUT2D eigenvalue weighted by Crippen LogP contribution is 2.42. The number of halogens is 2. The van der Waals surface area contributed by atoms with E-state index in [2.05, 4.69) is 22.2 Å². The van der Waals surface area contributed by atoms with E-state index in [0.29, 0.717) is 21.8 Å². The molecule has 0 saturated heterocycles. The number of pyridine rings is 1. The number of hydrogen-bond acceptors (Lipinski definition) is 6. The number of fused-ring (bicyclic) bond motifs is 3. The summed E-state index contributed by atoms with van der Waals surface area (Å²) in [5, 5.41) is 5.11. The minimum atomic E-state index is 0.194. The van der Waals surface area contributed by atoms with Crippen LogP contribution in [0.5, 0.6) is 5.75 Å². The second-order valence-electron chi connectivity index (χ2n) is 5.56. The van der Waals surface area contributed by atoms with Gasteiger partial charge in [0.1, 0.15) is 10.8 Å². The lowest BCUT2D eigenvalue weighted by molar-refractivity contribution is -0.122. The van der Waals surface area contributed by atoms with Crippen LogP contribution in [-0.2, 0) is 16.1 Å². The second kappa shape index (κ2) is 8.58. The second-order valence-corrected chi connectivity index (χ2v) is 6.31. The maximum atomic E-state index is 8.81. The zero-order valence-corrected chi connectivity index (χ0v) is 15.7. The van der Waals surface area contributed by atoms with Gasteiger partial charge in [0.05, 0.1) is 17.6 Å². The third-order valence-corrected chi connectivity index (χ3v) is 4.97. The third kappa shape index (κ3) is 3.77. The van der Waals surface area contributed by atoms with E-state index >= 15 is 0 Å². The zero-order chi connectivity index (χ0) is 18.6. The van der Waals surface area contributed by atoms with Gasteiger partial charge in [-0.1, -0.05) is 23.2 Å². The molecule has 1 N–H and O–H groups in total. The molecule has 1 aromatic carbocycles. The fourth-order valence-corrected chi connectivity index (χ4v) is 3.45. The molecule has 6 nitrogen and oxygen atoms in total. The van der Waals surface area contributed by atoms with Crippen LogP contribution in [0.3, 0.4) is 0 Å². The van der Waals surface area contributed by atoms with Crippen LogP contribution in [-0.4, -0.2) is 50.2 Å². The van der Waals surface area contributed by atoms with E-state index < -0.39 is 0 Å². The molecule has 25 heavy (non-hydrogen) atoms. The van der Waals surface area contributed by atoms with Crippen molar-refractivity contribution in [3.63, 3.8) is 0 Å². The lowest BCUT2D eigenvalue weighted by Crippen LogP contribution is -2.26. The van der Waals surface area contributed by atoms with E-state index in [1.54, 1.807) is 7.11 Å². The number of nitrogens with zero attached hydrogens (tertiary/aromatic N) is 2. The number of rotatable bonds is 4. The molecule has 0 bridgehead atoms. The van der Waals surface area contributed by atoms with Crippen LogP contribution in [0.25, 0.3) is 10.9 Å². The van der Waals surface area contributed by atoms with Gasteiger partial charge in [0.15, 0.2) is 12.6 Å². The maximum absolute atomic E-state index is 8.81. The molecule has 0 radical (unpaired) electrons. The Morgan fingerprint density at radius 2 is 2.04 bits per heavy atom. The number of carbonyl (C=O) groups excluding carboxylic acids is 2. The van der Waals surface area contributed by atoms with Crippen molar-refractivity contribution in [1.29, 1.82) is 0 Å². The molecule has 8 heteroatoms. The predicted molar refractivity (Wildman–Crippen MR) is 98.6 cm³/mol. The number of aldehydes is 2. The molecular weight excluding hydrogens is 365 g/mol. The quantitative estimate of drug-likeness (QED) is 0.646. The fourth-order valence-electron chi connectivity index (χ4n) is 2.99. The van der Waals surface area contributed by atoms with Gasteiger partial charge in [-0.25, -0.2) is 0 Å². The molecule has 0 aliphatic carbocycles. The summed E-state index contributed by atoms with van der Waals surface area (Å²) in [6, 6.07) is 2.26. The lowest BCUT2D eigenvalue weighted by Gasteiger charge is -2.19. The van der Waals surface area contributed by atoms with Crippen molar-refractivity contribution in [2.45, 2.75) is 12.6 Å². The Hall–Kier alpha value is -1.73. The molecule has 2 aromatic rings. The first kappa shape index (κ1) is 19.6. The van der Waals surface area contributed by atoms with Crippen LogP contribution in [0.1, 0.15) is 17.2 Å². The molecule has 0 amide bonds. The molecule has 1 atom stereocenters. The first-order chi connectivity index (χ1) is 12.0. The standard InChI is InChI=1S/C15H17Cl2N3O.C2H2O2/c1-18-6-11-9-5-19-15-8(10(9)7-20(11)2)4-12(21-3)13(16)14(15)17;3-1-2-4/h4-5,11,18H,6-7H2,1-3H3;1-2H.